The molecule has 8 heteroatoms. The number of hydrogen-bond acceptors (Lipinski definition) is 4. The van der Waals surface area contributed by atoms with Gasteiger partial charge in [-0.25, -0.2) is 4.79 Å². The number of nitrogens with one attached hydrogen (secondary N) is 1. The minimum atomic E-state index is -0.130. The number of halogens is 2. The molecule has 1 saturated heterocycles. The van der Waals surface area contributed by atoms with Crippen molar-refractivity contribution in [1.29, 1.82) is 0 Å². The Bertz CT molecular complexity index is 884. The van der Waals surface area contributed by atoms with Crippen molar-refractivity contribution in [3.8, 4) is 22.6 Å². The molecule has 2 aromatic rings. The van der Waals surface area contributed by atoms with Gasteiger partial charge >= 0.3 is 6.03 Å². The summed E-state index contributed by atoms with van der Waals surface area (Å²) in [6.07, 6.45) is 3.19. The molecular formula is C22H29Cl2N3O3. The van der Waals surface area contributed by atoms with Crippen LogP contribution in [-0.4, -0.2) is 55.2 Å². The number of anilines is 1. The smallest absolute Gasteiger partial charge is 0.321 e. The van der Waals surface area contributed by atoms with Crippen molar-refractivity contribution < 1.29 is 14.6 Å². The molecule has 30 heavy (non-hydrogen) atoms. The number of urea groups is 1. The number of aromatic hydroxyl groups is 1. The van der Waals surface area contributed by atoms with E-state index in [1.165, 1.54) is 7.11 Å². The molecule has 1 aliphatic rings. The van der Waals surface area contributed by atoms with Gasteiger partial charge in [-0.15, -0.1) is 12.4 Å². The number of nitrogens with zero attached hydrogens (tertiary/aromatic N) is 2. The van der Waals surface area contributed by atoms with Crippen LogP contribution in [0, 0.1) is 0 Å². The first-order valence-corrected chi connectivity index (χ1v) is 10.2. The van der Waals surface area contributed by atoms with Crippen molar-refractivity contribution in [2.75, 3.05) is 39.6 Å². The minimum Gasteiger partial charge on any atom is -0.504 e. The summed E-state index contributed by atoms with van der Waals surface area (Å²) in [5.41, 5.74) is 2.66. The van der Waals surface area contributed by atoms with E-state index in [4.69, 9.17) is 16.3 Å². The van der Waals surface area contributed by atoms with Gasteiger partial charge in [0.15, 0.2) is 11.5 Å². The summed E-state index contributed by atoms with van der Waals surface area (Å²) in [6.45, 7) is 2.01. The second kappa shape index (κ2) is 10.8. The summed E-state index contributed by atoms with van der Waals surface area (Å²) in [7, 11) is 5.38. The summed E-state index contributed by atoms with van der Waals surface area (Å²) in [5, 5.41) is 14.5. The van der Waals surface area contributed by atoms with Gasteiger partial charge in [0.2, 0.25) is 0 Å². The maximum atomic E-state index is 12.9. The van der Waals surface area contributed by atoms with Gasteiger partial charge in [-0.1, -0.05) is 23.7 Å². The summed E-state index contributed by atoms with van der Waals surface area (Å²) < 4.78 is 5.56. The molecule has 0 bridgehead atoms. The Hall–Kier alpha value is -2.15. The fourth-order valence-electron chi connectivity index (χ4n) is 3.66. The van der Waals surface area contributed by atoms with Crippen molar-refractivity contribution >= 4 is 35.7 Å². The first-order chi connectivity index (χ1) is 13.9. The van der Waals surface area contributed by atoms with Crippen molar-refractivity contribution in [3.05, 3.63) is 40.9 Å². The lowest BCUT2D eigenvalue weighted by molar-refractivity contribution is 0.200. The van der Waals surface area contributed by atoms with Crippen LogP contribution in [0.25, 0.3) is 11.1 Å². The van der Waals surface area contributed by atoms with Crippen LogP contribution in [0.3, 0.4) is 0 Å². The van der Waals surface area contributed by atoms with Gasteiger partial charge in [0.25, 0.3) is 0 Å². The predicted molar refractivity (Wildman–Crippen MR) is 124 cm³/mol. The minimum absolute atomic E-state index is 0. The molecule has 2 aromatic carbocycles. The quantitative estimate of drug-likeness (QED) is 0.608. The van der Waals surface area contributed by atoms with Gasteiger partial charge in [-0.05, 0) is 57.1 Å². The van der Waals surface area contributed by atoms with Gasteiger partial charge in [0.05, 0.1) is 12.8 Å². The SMILES string of the molecule is COc1c(O)c(-c2cccc(Cl)c2)cc(NC(=O)N2CCCCC2)c1CN(C)C.Cl. The van der Waals surface area contributed by atoms with Gasteiger partial charge in [-0.3, -0.25) is 0 Å². The number of rotatable bonds is 5. The molecule has 0 aliphatic carbocycles. The lowest BCUT2D eigenvalue weighted by Gasteiger charge is -2.28. The molecule has 3 rings (SSSR count). The van der Waals surface area contributed by atoms with Crippen molar-refractivity contribution in [3.63, 3.8) is 0 Å². The molecule has 0 radical (unpaired) electrons. The van der Waals surface area contributed by atoms with Crippen LogP contribution in [-0.2, 0) is 6.54 Å². The number of carbonyl (C=O) groups excluding carboxylic acids is 1. The van der Waals surface area contributed by atoms with E-state index < -0.39 is 0 Å². The Morgan fingerprint density at radius 1 is 1.23 bits per heavy atom. The molecule has 0 spiro atoms. The molecule has 2 amide bonds. The molecule has 1 fully saturated rings. The van der Waals surface area contributed by atoms with E-state index in [-0.39, 0.29) is 24.2 Å². The van der Waals surface area contributed by atoms with Crippen molar-refractivity contribution in [1.82, 2.24) is 9.80 Å². The molecule has 164 valence electrons. The molecule has 0 aromatic heterocycles. The van der Waals surface area contributed by atoms with Crippen LogP contribution < -0.4 is 10.1 Å². The monoisotopic (exact) mass is 453 g/mol. The summed E-state index contributed by atoms with van der Waals surface area (Å²) in [5.74, 6) is 0.382. The highest BCUT2D eigenvalue weighted by atomic mass is 35.5. The largest absolute Gasteiger partial charge is 0.504 e. The van der Waals surface area contributed by atoms with Gasteiger partial charge in [0, 0.05) is 35.8 Å². The number of hydrogen-bond donors (Lipinski definition) is 2. The fraction of sp³-hybridized carbons (Fsp3) is 0.409. The predicted octanol–water partition coefficient (Wildman–Crippen LogP) is 5.22. The van der Waals surface area contributed by atoms with Gasteiger partial charge < -0.3 is 25.0 Å². The van der Waals surface area contributed by atoms with E-state index in [0.717, 1.165) is 43.5 Å². The second-order valence-corrected chi connectivity index (χ2v) is 7.99. The Balaban J connectivity index is 0.00000320. The molecule has 0 saturated carbocycles. The summed E-state index contributed by atoms with van der Waals surface area (Å²) in [4.78, 5) is 16.7. The van der Waals surface area contributed by atoms with Crippen LogP contribution >= 0.6 is 24.0 Å². The van der Waals surface area contributed by atoms with Crippen LogP contribution in [0.2, 0.25) is 5.02 Å². The third kappa shape index (κ3) is 5.50. The normalized spacial score (nSPS) is 13.7. The zero-order chi connectivity index (χ0) is 21.0. The number of carbonyl (C=O) groups is 1. The molecule has 1 heterocycles. The average Bonchev–Trinajstić information content (AvgIpc) is 2.70. The standard InChI is InChI=1S/C22H28ClN3O3.ClH/c1-25(2)14-18-19(24-22(28)26-10-5-4-6-11-26)13-17(20(27)21(18)29-3)15-8-7-9-16(23)12-15;/h7-9,12-13,27H,4-6,10-11,14H2,1-3H3,(H,24,28);1H. The van der Waals surface area contributed by atoms with E-state index in [1.807, 2.05) is 36.0 Å². The lowest BCUT2D eigenvalue weighted by Crippen LogP contribution is -2.39. The highest BCUT2D eigenvalue weighted by molar-refractivity contribution is 6.30. The number of likely N-dealkylation sites (tertiary alicyclic amines) is 1. The fourth-order valence-corrected chi connectivity index (χ4v) is 3.85. The number of ether oxygens (including phenoxy) is 1. The van der Waals surface area contributed by atoms with E-state index in [1.54, 1.807) is 18.2 Å². The Morgan fingerprint density at radius 2 is 1.93 bits per heavy atom. The van der Waals surface area contributed by atoms with Gasteiger partial charge in [-0.2, -0.15) is 0 Å². The van der Waals surface area contributed by atoms with Gasteiger partial charge in [0.1, 0.15) is 0 Å². The number of phenolic OH excluding ortho intramolecular Hbond substituents is 1. The molecular weight excluding hydrogens is 425 g/mol. The van der Waals surface area contributed by atoms with E-state index in [0.29, 0.717) is 28.6 Å². The average molecular weight is 454 g/mol. The highest BCUT2D eigenvalue weighted by Crippen LogP contribution is 2.44. The molecule has 6 nitrogen and oxygen atoms in total. The van der Waals surface area contributed by atoms with Crippen LogP contribution in [0.1, 0.15) is 24.8 Å². The first kappa shape index (κ1) is 24.1. The Kier molecular flexibility index (Phi) is 8.65. The molecule has 1 aliphatic heterocycles. The third-order valence-corrected chi connectivity index (χ3v) is 5.29. The highest BCUT2D eigenvalue weighted by Gasteiger charge is 2.23. The zero-order valence-corrected chi connectivity index (χ0v) is 19.1. The van der Waals surface area contributed by atoms with E-state index in [2.05, 4.69) is 5.32 Å². The topological polar surface area (TPSA) is 65.0 Å². The molecule has 2 N–H and O–H groups in total. The van der Waals surface area contributed by atoms with E-state index >= 15 is 0 Å². The Labute approximate surface area is 189 Å². The number of benzene rings is 2. The lowest BCUT2D eigenvalue weighted by atomic mass is 9.99. The number of piperidine rings is 1. The zero-order valence-electron chi connectivity index (χ0n) is 17.6. The Morgan fingerprint density at radius 3 is 2.53 bits per heavy atom. The van der Waals surface area contributed by atoms with Crippen LogP contribution in [0.4, 0.5) is 10.5 Å². The summed E-state index contributed by atoms with van der Waals surface area (Å²) >= 11 is 6.15. The maximum Gasteiger partial charge on any atom is 0.321 e. The van der Waals surface area contributed by atoms with Crippen molar-refractivity contribution in [2.45, 2.75) is 25.8 Å². The maximum absolute atomic E-state index is 12.9. The second-order valence-electron chi connectivity index (χ2n) is 7.56. The van der Waals surface area contributed by atoms with E-state index in [9.17, 15) is 9.90 Å². The summed E-state index contributed by atoms with van der Waals surface area (Å²) in [6, 6.07) is 8.90. The number of phenols is 1. The van der Waals surface area contributed by atoms with Crippen LogP contribution in [0.5, 0.6) is 11.5 Å². The number of methoxy groups -OCH3 is 1. The third-order valence-electron chi connectivity index (χ3n) is 5.06. The molecule has 0 unspecified atom stereocenters. The number of amides is 2. The molecule has 0 atom stereocenters. The first-order valence-electron chi connectivity index (χ1n) is 9.80. The van der Waals surface area contributed by atoms with Crippen molar-refractivity contribution in [2.24, 2.45) is 0 Å². The van der Waals surface area contributed by atoms with Crippen LogP contribution in [0.15, 0.2) is 30.3 Å².